The number of anilines is 2. The molecule has 7 heteroatoms. The van der Waals surface area contributed by atoms with E-state index in [1.54, 1.807) is 0 Å². The summed E-state index contributed by atoms with van der Waals surface area (Å²) in [6, 6.07) is 11.5. The van der Waals surface area contributed by atoms with Crippen molar-refractivity contribution < 1.29 is 18.4 Å². The van der Waals surface area contributed by atoms with Gasteiger partial charge in [0.2, 0.25) is 0 Å². The van der Waals surface area contributed by atoms with Gasteiger partial charge in [0.25, 0.3) is 11.8 Å². The second kappa shape index (κ2) is 7.96. The molecule has 1 heterocycles. The van der Waals surface area contributed by atoms with Crippen molar-refractivity contribution in [1.29, 1.82) is 0 Å². The van der Waals surface area contributed by atoms with Gasteiger partial charge in [0.15, 0.2) is 0 Å². The summed E-state index contributed by atoms with van der Waals surface area (Å²) in [5.74, 6) is -3.05. The van der Waals surface area contributed by atoms with Crippen LogP contribution in [0.1, 0.15) is 32.0 Å². The van der Waals surface area contributed by atoms with Gasteiger partial charge in [0.1, 0.15) is 23.0 Å². The number of rotatable bonds is 4. The van der Waals surface area contributed by atoms with Crippen LogP contribution in [0.4, 0.5) is 20.2 Å². The molecule has 0 spiro atoms. The van der Waals surface area contributed by atoms with Crippen molar-refractivity contribution in [3.63, 3.8) is 0 Å². The van der Waals surface area contributed by atoms with Gasteiger partial charge in [0.05, 0.1) is 0 Å². The standard InChI is InChI=1S/C21H17F2N3O2/c1-12-8-13(2)10-15(9-12)25-21(28)18-11-14(6-7-24-18)20(27)26-19-16(22)4-3-5-17(19)23/h3-11H,1-2H3,(H,25,28)(H,26,27). The van der Waals surface area contributed by atoms with Crippen LogP contribution in [0.5, 0.6) is 0 Å². The van der Waals surface area contributed by atoms with E-state index in [4.69, 9.17) is 0 Å². The fraction of sp³-hybridized carbons (Fsp3) is 0.0952. The van der Waals surface area contributed by atoms with Gasteiger partial charge in [-0.05, 0) is 61.4 Å². The topological polar surface area (TPSA) is 71.1 Å². The van der Waals surface area contributed by atoms with Crippen molar-refractivity contribution in [2.45, 2.75) is 13.8 Å². The van der Waals surface area contributed by atoms with Crippen molar-refractivity contribution in [2.75, 3.05) is 10.6 Å². The van der Waals surface area contributed by atoms with Crippen LogP contribution < -0.4 is 10.6 Å². The van der Waals surface area contributed by atoms with Gasteiger partial charge in [-0.2, -0.15) is 0 Å². The first kappa shape index (κ1) is 19.2. The third kappa shape index (κ3) is 4.37. The molecule has 1 aromatic heterocycles. The molecule has 5 nitrogen and oxygen atoms in total. The van der Waals surface area contributed by atoms with Gasteiger partial charge in [-0.3, -0.25) is 14.6 Å². The fourth-order valence-corrected chi connectivity index (χ4v) is 2.74. The number of halogens is 2. The van der Waals surface area contributed by atoms with Crippen LogP contribution in [-0.4, -0.2) is 16.8 Å². The van der Waals surface area contributed by atoms with Crippen LogP contribution in [-0.2, 0) is 0 Å². The molecule has 0 bridgehead atoms. The Morgan fingerprint density at radius 1 is 0.857 bits per heavy atom. The van der Waals surface area contributed by atoms with Crippen LogP contribution >= 0.6 is 0 Å². The summed E-state index contributed by atoms with van der Waals surface area (Å²) in [6.07, 6.45) is 1.28. The summed E-state index contributed by atoms with van der Waals surface area (Å²) < 4.78 is 27.4. The number of para-hydroxylation sites is 1. The van der Waals surface area contributed by atoms with Crippen LogP contribution in [0, 0.1) is 25.5 Å². The van der Waals surface area contributed by atoms with Crippen LogP contribution in [0.15, 0.2) is 54.7 Å². The van der Waals surface area contributed by atoms with Gasteiger partial charge in [-0.15, -0.1) is 0 Å². The maximum Gasteiger partial charge on any atom is 0.274 e. The Balaban J connectivity index is 1.79. The number of carbonyl (C=O) groups is 2. The van der Waals surface area contributed by atoms with Gasteiger partial charge in [0, 0.05) is 17.4 Å². The Hall–Kier alpha value is -3.61. The molecule has 3 aromatic rings. The summed E-state index contributed by atoms with van der Waals surface area (Å²) >= 11 is 0. The number of aromatic nitrogens is 1. The van der Waals surface area contributed by atoms with E-state index in [1.165, 1.54) is 24.4 Å². The predicted molar refractivity (Wildman–Crippen MR) is 102 cm³/mol. The minimum atomic E-state index is -0.893. The lowest BCUT2D eigenvalue weighted by molar-refractivity contribution is 0.102. The highest BCUT2D eigenvalue weighted by Gasteiger charge is 2.16. The maximum absolute atomic E-state index is 13.7. The van der Waals surface area contributed by atoms with Crippen molar-refractivity contribution in [3.05, 3.63) is 88.7 Å². The quantitative estimate of drug-likeness (QED) is 0.700. The molecule has 142 valence electrons. The Bertz CT molecular complexity index is 1030. The largest absolute Gasteiger partial charge is 0.321 e. The number of nitrogens with zero attached hydrogens (tertiary/aromatic N) is 1. The van der Waals surface area contributed by atoms with E-state index >= 15 is 0 Å². The molecule has 3 rings (SSSR count). The van der Waals surface area contributed by atoms with Crippen LogP contribution in [0.25, 0.3) is 0 Å². The number of hydrogen-bond acceptors (Lipinski definition) is 3. The molecule has 0 atom stereocenters. The maximum atomic E-state index is 13.7. The second-order valence-corrected chi connectivity index (χ2v) is 6.31. The lowest BCUT2D eigenvalue weighted by Gasteiger charge is -2.09. The summed E-state index contributed by atoms with van der Waals surface area (Å²) in [5, 5.41) is 4.90. The van der Waals surface area contributed by atoms with Crippen molar-refractivity contribution in [2.24, 2.45) is 0 Å². The molecule has 0 aliphatic rings. The molecule has 2 N–H and O–H groups in total. The molecule has 2 aromatic carbocycles. The highest BCUT2D eigenvalue weighted by atomic mass is 19.1. The lowest BCUT2D eigenvalue weighted by atomic mass is 10.1. The SMILES string of the molecule is Cc1cc(C)cc(NC(=O)c2cc(C(=O)Nc3c(F)cccc3F)ccn2)c1. The molecule has 0 radical (unpaired) electrons. The molecule has 0 aliphatic carbocycles. The van der Waals surface area contributed by atoms with E-state index in [0.29, 0.717) is 5.69 Å². The zero-order chi connectivity index (χ0) is 20.3. The van der Waals surface area contributed by atoms with Crippen LogP contribution in [0.2, 0.25) is 0 Å². The molecule has 0 saturated heterocycles. The Morgan fingerprint density at radius 3 is 2.14 bits per heavy atom. The van der Waals surface area contributed by atoms with Crippen molar-refractivity contribution in [3.8, 4) is 0 Å². The number of hydrogen-bond donors (Lipinski definition) is 2. The molecule has 0 fully saturated rings. The van der Waals surface area contributed by atoms with E-state index in [0.717, 1.165) is 23.3 Å². The fourth-order valence-electron chi connectivity index (χ4n) is 2.74. The predicted octanol–water partition coefficient (Wildman–Crippen LogP) is 4.48. The third-order valence-electron chi connectivity index (χ3n) is 3.94. The Morgan fingerprint density at radius 2 is 1.50 bits per heavy atom. The first-order chi connectivity index (χ1) is 13.3. The number of nitrogens with one attached hydrogen (secondary N) is 2. The number of carbonyl (C=O) groups excluding carboxylic acids is 2. The van der Waals surface area contributed by atoms with Crippen LogP contribution in [0.3, 0.4) is 0 Å². The van der Waals surface area contributed by atoms with Gasteiger partial charge in [-0.25, -0.2) is 8.78 Å². The molecule has 0 aliphatic heterocycles. The lowest BCUT2D eigenvalue weighted by Crippen LogP contribution is -2.18. The smallest absolute Gasteiger partial charge is 0.274 e. The van der Waals surface area contributed by atoms with E-state index in [9.17, 15) is 18.4 Å². The van der Waals surface area contributed by atoms with Gasteiger partial charge >= 0.3 is 0 Å². The van der Waals surface area contributed by atoms with E-state index < -0.39 is 29.1 Å². The molecule has 28 heavy (non-hydrogen) atoms. The van der Waals surface area contributed by atoms with E-state index in [2.05, 4.69) is 15.6 Å². The minimum Gasteiger partial charge on any atom is -0.321 e. The molecule has 0 unspecified atom stereocenters. The Kier molecular flexibility index (Phi) is 5.44. The van der Waals surface area contributed by atoms with Crippen molar-refractivity contribution in [1.82, 2.24) is 4.98 Å². The van der Waals surface area contributed by atoms with Gasteiger partial charge in [-0.1, -0.05) is 12.1 Å². The first-order valence-electron chi connectivity index (χ1n) is 8.44. The molecular formula is C21H17F2N3O2. The highest BCUT2D eigenvalue weighted by molar-refractivity contribution is 6.07. The molecule has 0 saturated carbocycles. The summed E-state index contributed by atoms with van der Waals surface area (Å²) in [6.45, 7) is 3.82. The molecule has 2 amide bonds. The summed E-state index contributed by atoms with van der Waals surface area (Å²) in [4.78, 5) is 28.8. The monoisotopic (exact) mass is 381 g/mol. The van der Waals surface area contributed by atoms with Gasteiger partial charge < -0.3 is 10.6 Å². The summed E-state index contributed by atoms with van der Waals surface area (Å²) in [5.41, 5.74) is 2.08. The number of benzene rings is 2. The van der Waals surface area contributed by atoms with E-state index in [-0.39, 0.29) is 11.3 Å². The zero-order valence-electron chi connectivity index (χ0n) is 15.2. The summed E-state index contributed by atoms with van der Waals surface area (Å²) in [7, 11) is 0. The normalized spacial score (nSPS) is 10.4. The number of amides is 2. The number of aryl methyl sites for hydroxylation is 2. The van der Waals surface area contributed by atoms with Crippen molar-refractivity contribution >= 4 is 23.2 Å². The second-order valence-electron chi connectivity index (χ2n) is 6.31. The van der Waals surface area contributed by atoms with E-state index in [1.807, 2.05) is 32.0 Å². The Labute approximate surface area is 160 Å². The molecular weight excluding hydrogens is 364 g/mol. The zero-order valence-corrected chi connectivity index (χ0v) is 15.2. The third-order valence-corrected chi connectivity index (χ3v) is 3.94. The highest BCUT2D eigenvalue weighted by Crippen LogP contribution is 2.19. The average molecular weight is 381 g/mol. The first-order valence-corrected chi connectivity index (χ1v) is 8.44. The number of pyridine rings is 1. The minimum absolute atomic E-state index is 0.000754. The average Bonchev–Trinajstić information content (AvgIpc) is 2.64.